The monoisotopic (exact) mass is 343 g/mol. The van der Waals surface area contributed by atoms with Crippen LogP contribution in [0.4, 0.5) is 10.5 Å². The number of aromatic hydroxyl groups is 1. The highest BCUT2D eigenvalue weighted by Crippen LogP contribution is 2.34. The van der Waals surface area contributed by atoms with E-state index in [4.69, 9.17) is 4.74 Å². The first kappa shape index (κ1) is 16.8. The van der Waals surface area contributed by atoms with Gasteiger partial charge in [-0.1, -0.05) is 29.8 Å². The van der Waals surface area contributed by atoms with E-state index >= 15 is 0 Å². The van der Waals surface area contributed by atoms with Crippen molar-refractivity contribution >= 4 is 27.7 Å². The van der Waals surface area contributed by atoms with E-state index in [0.717, 1.165) is 5.56 Å². The fraction of sp³-hybridized carbons (Fsp3) is 0.533. The van der Waals surface area contributed by atoms with Gasteiger partial charge in [-0.05, 0) is 44.5 Å². The topological polar surface area (TPSA) is 58.6 Å². The lowest BCUT2D eigenvalue weighted by molar-refractivity contribution is 0.0635. The first-order valence-electron chi connectivity index (χ1n) is 6.44. The maximum Gasteiger partial charge on any atom is 0.412 e. The van der Waals surface area contributed by atoms with Crippen molar-refractivity contribution in [1.29, 1.82) is 0 Å². The van der Waals surface area contributed by atoms with E-state index in [1.807, 2.05) is 34.6 Å². The number of ether oxygens (including phenoxy) is 1. The van der Waals surface area contributed by atoms with Gasteiger partial charge < -0.3 is 9.84 Å². The minimum absolute atomic E-state index is 0.170. The molecule has 4 nitrogen and oxygen atoms in total. The molecule has 20 heavy (non-hydrogen) atoms. The van der Waals surface area contributed by atoms with E-state index in [1.54, 1.807) is 18.2 Å². The Bertz CT molecular complexity index is 492. The van der Waals surface area contributed by atoms with E-state index < -0.39 is 11.7 Å². The van der Waals surface area contributed by atoms with Crippen molar-refractivity contribution in [2.45, 2.75) is 45.6 Å². The number of hydrogen-bond donors (Lipinski definition) is 2. The third-order valence-corrected chi connectivity index (χ3v) is 4.10. The van der Waals surface area contributed by atoms with Crippen molar-refractivity contribution in [3.63, 3.8) is 0 Å². The van der Waals surface area contributed by atoms with Gasteiger partial charge in [0.05, 0.1) is 0 Å². The summed E-state index contributed by atoms with van der Waals surface area (Å²) in [6.07, 6.45) is -0.505. The Balaban J connectivity index is 3.04. The minimum atomic E-state index is -0.549. The maximum atomic E-state index is 11.9. The minimum Gasteiger partial charge on any atom is -0.508 e. The number of carbonyl (C=O) groups excluding carboxylic acids is 1. The summed E-state index contributed by atoms with van der Waals surface area (Å²) in [4.78, 5) is 11.9. The highest BCUT2D eigenvalue weighted by Gasteiger charge is 2.25. The summed E-state index contributed by atoms with van der Waals surface area (Å²) in [5.41, 5.74) is 0.705. The molecule has 2 N–H and O–H groups in total. The van der Waals surface area contributed by atoms with Crippen LogP contribution in [0.15, 0.2) is 18.2 Å². The van der Waals surface area contributed by atoms with Crippen LogP contribution in [-0.2, 0) is 10.2 Å². The van der Waals surface area contributed by atoms with E-state index in [9.17, 15) is 9.90 Å². The van der Waals surface area contributed by atoms with Gasteiger partial charge in [-0.2, -0.15) is 0 Å². The smallest absolute Gasteiger partial charge is 0.412 e. The summed E-state index contributed by atoms with van der Waals surface area (Å²) >= 11 is 3.46. The van der Waals surface area contributed by atoms with Gasteiger partial charge in [0, 0.05) is 16.4 Å². The van der Waals surface area contributed by atoms with Gasteiger partial charge in [-0.15, -0.1) is 0 Å². The number of carbonyl (C=O) groups is 1. The quantitative estimate of drug-likeness (QED) is 0.631. The number of anilines is 1. The summed E-state index contributed by atoms with van der Waals surface area (Å²) < 4.78 is 5.25. The zero-order valence-electron chi connectivity index (χ0n) is 12.6. The Kier molecular flexibility index (Phi) is 5.08. The molecule has 0 aliphatic carbocycles. The van der Waals surface area contributed by atoms with Crippen molar-refractivity contribution < 1.29 is 14.6 Å². The first-order valence-corrected chi connectivity index (χ1v) is 7.57. The number of amides is 1. The molecule has 0 aliphatic heterocycles. The lowest BCUT2D eigenvalue weighted by atomic mass is 9.85. The third kappa shape index (κ3) is 4.71. The fourth-order valence-electron chi connectivity index (χ4n) is 1.69. The zero-order chi connectivity index (χ0) is 15.6. The van der Waals surface area contributed by atoms with Crippen molar-refractivity contribution in [3.8, 4) is 5.75 Å². The molecule has 0 heterocycles. The number of phenolic OH excluding ortho intramolecular Hbond substituents is 1. The van der Waals surface area contributed by atoms with E-state index in [-0.39, 0.29) is 11.2 Å². The Morgan fingerprint density at radius 2 is 1.90 bits per heavy atom. The molecule has 1 aromatic rings. The van der Waals surface area contributed by atoms with Crippen LogP contribution in [0, 0.1) is 0 Å². The Morgan fingerprint density at radius 3 is 2.40 bits per heavy atom. The molecule has 0 atom stereocenters. The summed E-state index contributed by atoms with van der Waals surface area (Å²) in [6, 6.07) is 4.88. The van der Waals surface area contributed by atoms with Crippen molar-refractivity contribution in [3.05, 3.63) is 23.8 Å². The molecule has 0 aromatic heterocycles. The largest absolute Gasteiger partial charge is 0.508 e. The molecule has 0 bridgehead atoms. The van der Waals surface area contributed by atoms with Crippen LogP contribution in [0.1, 0.15) is 40.2 Å². The van der Waals surface area contributed by atoms with Crippen LogP contribution in [0.25, 0.3) is 0 Å². The van der Waals surface area contributed by atoms with Gasteiger partial charge in [0.2, 0.25) is 0 Å². The van der Waals surface area contributed by atoms with Crippen LogP contribution < -0.4 is 5.32 Å². The molecule has 1 amide bonds. The zero-order valence-corrected chi connectivity index (χ0v) is 14.2. The Morgan fingerprint density at radius 1 is 1.30 bits per heavy atom. The number of phenols is 1. The van der Waals surface area contributed by atoms with Crippen LogP contribution in [0.2, 0.25) is 0 Å². The Labute approximate surface area is 128 Å². The lowest BCUT2D eigenvalue weighted by Crippen LogP contribution is -2.29. The molecule has 0 saturated heterocycles. The van der Waals surface area contributed by atoms with Gasteiger partial charge in [0.1, 0.15) is 11.4 Å². The van der Waals surface area contributed by atoms with Gasteiger partial charge in [-0.25, -0.2) is 4.79 Å². The summed E-state index contributed by atoms with van der Waals surface area (Å²) in [6.45, 7) is 9.49. The molecule has 112 valence electrons. The maximum absolute atomic E-state index is 11.9. The predicted molar refractivity (Wildman–Crippen MR) is 84.8 cm³/mol. The molecule has 0 aliphatic rings. The number of benzene rings is 1. The van der Waals surface area contributed by atoms with Crippen LogP contribution in [0.3, 0.4) is 0 Å². The molecular formula is C15H22BrNO3. The highest BCUT2D eigenvalue weighted by atomic mass is 79.9. The number of nitrogens with one attached hydrogen (secondary N) is 1. The summed E-state index contributed by atoms with van der Waals surface area (Å²) in [5, 5.41) is 13.1. The molecule has 1 aromatic carbocycles. The average Bonchev–Trinajstić information content (AvgIpc) is 2.29. The lowest BCUT2D eigenvalue weighted by Gasteiger charge is -2.26. The van der Waals surface area contributed by atoms with E-state index in [1.165, 1.54) is 0 Å². The van der Waals surface area contributed by atoms with E-state index in [2.05, 4.69) is 21.2 Å². The molecule has 0 spiro atoms. The standard InChI is InChI=1S/C15H22BrNO3/c1-14(2,3)20-13(19)17-12-7-6-10(18)8-11(12)15(4,5)9-16/h6-8,18H,9H2,1-5H3,(H,17,19). The van der Waals surface area contributed by atoms with Crippen molar-refractivity contribution in [2.24, 2.45) is 0 Å². The molecule has 0 saturated carbocycles. The predicted octanol–water partition coefficient (Wildman–Crippen LogP) is 4.41. The molecule has 0 unspecified atom stereocenters. The van der Waals surface area contributed by atoms with Gasteiger partial charge in [-0.3, -0.25) is 5.32 Å². The molecule has 0 fully saturated rings. The van der Waals surface area contributed by atoms with Gasteiger partial charge in [0.15, 0.2) is 0 Å². The SMILES string of the molecule is CC(C)(C)OC(=O)Nc1ccc(O)cc1C(C)(C)CBr. The normalized spacial score (nSPS) is 12.1. The highest BCUT2D eigenvalue weighted by molar-refractivity contribution is 9.09. The molecule has 0 radical (unpaired) electrons. The molecule has 5 heteroatoms. The van der Waals surface area contributed by atoms with Crippen LogP contribution >= 0.6 is 15.9 Å². The number of halogens is 1. The van der Waals surface area contributed by atoms with Gasteiger partial charge >= 0.3 is 6.09 Å². The number of hydrogen-bond acceptors (Lipinski definition) is 3. The first-order chi connectivity index (χ1) is 9.05. The second kappa shape index (κ2) is 6.04. The van der Waals surface area contributed by atoms with Crippen LogP contribution in [0.5, 0.6) is 5.75 Å². The van der Waals surface area contributed by atoms with Gasteiger partial charge in [0.25, 0.3) is 0 Å². The average molecular weight is 344 g/mol. The number of alkyl halides is 1. The third-order valence-electron chi connectivity index (χ3n) is 2.70. The van der Waals surface area contributed by atoms with Crippen molar-refractivity contribution in [1.82, 2.24) is 0 Å². The molecule has 1 rings (SSSR count). The van der Waals surface area contributed by atoms with Crippen molar-refractivity contribution in [2.75, 3.05) is 10.6 Å². The second-order valence-corrected chi connectivity index (χ2v) is 6.94. The van der Waals surface area contributed by atoms with E-state index in [0.29, 0.717) is 11.0 Å². The molecular weight excluding hydrogens is 322 g/mol. The fourth-order valence-corrected chi connectivity index (χ4v) is 1.99. The summed E-state index contributed by atoms with van der Waals surface area (Å²) in [7, 11) is 0. The Hall–Kier alpha value is -1.23. The second-order valence-electron chi connectivity index (χ2n) is 6.37. The number of rotatable bonds is 3. The summed E-state index contributed by atoms with van der Waals surface area (Å²) in [5.74, 6) is 0.170. The van der Waals surface area contributed by atoms with Crippen LogP contribution in [-0.4, -0.2) is 22.1 Å².